The van der Waals surface area contributed by atoms with Crippen LogP contribution in [0.3, 0.4) is 0 Å². The summed E-state index contributed by atoms with van der Waals surface area (Å²) in [7, 11) is 0. The van der Waals surface area contributed by atoms with E-state index in [0.717, 1.165) is 6.08 Å². The molecule has 2 aromatic carbocycles. The highest BCUT2D eigenvalue weighted by Crippen LogP contribution is 2.37. The molecule has 0 aromatic heterocycles. The average Bonchev–Trinajstić information content (AvgIpc) is 2.90. The third-order valence-corrected chi connectivity index (χ3v) is 4.87. The Hall–Kier alpha value is -3.96. The maximum Gasteiger partial charge on any atom is 0.455 e. The number of benzene rings is 2. The van der Waals surface area contributed by atoms with Gasteiger partial charge in [0.2, 0.25) is 0 Å². The smallest absolute Gasteiger partial charge is 0.432 e. The van der Waals surface area contributed by atoms with Crippen molar-refractivity contribution >= 4 is 23.6 Å². The Morgan fingerprint density at radius 3 is 2.32 bits per heavy atom. The van der Waals surface area contributed by atoms with Crippen molar-refractivity contribution in [3.05, 3.63) is 66.7 Å². The topological polar surface area (TPSA) is 96.5 Å². The van der Waals surface area contributed by atoms with Crippen LogP contribution in [0, 0.1) is 0 Å². The number of hydrogen-bond acceptors (Lipinski definition) is 4. The van der Waals surface area contributed by atoms with Crippen LogP contribution in [0.25, 0.3) is 11.1 Å². The number of rotatable bonds is 6. The van der Waals surface area contributed by atoms with Crippen LogP contribution < -0.4 is 16.0 Å². The van der Waals surface area contributed by atoms with Crippen molar-refractivity contribution < 1.29 is 41.1 Å². The normalized spacial score (nSPS) is 16.1. The van der Waals surface area contributed by atoms with Gasteiger partial charge in [-0.25, -0.2) is 4.79 Å². The number of carbonyl (C=O) groups excluding carboxylic acids is 3. The van der Waals surface area contributed by atoms with Crippen LogP contribution in [-0.4, -0.2) is 42.7 Å². The van der Waals surface area contributed by atoms with Gasteiger partial charge in [0.05, 0.1) is 6.54 Å². The number of anilines is 1. The number of fused-ring (bicyclic) bond motifs is 3. The molecule has 3 rings (SSSR count). The highest BCUT2D eigenvalue weighted by Gasteiger charge is 2.57. The summed E-state index contributed by atoms with van der Waals surface area (Å²) in [6.45, 7) is 1.21. The predicted octanol–water partition coefficient (Wildman–Crippen LogP) is 3.94. The fourth-order valence-electron chi connectivity index (χ4n) is 3.18. The van der Waals surface area contributed by atoms with Crippen molar-refractivity contribution in [3.8, 4) is 11.1 Å². The lowest BCUT2D eigenvalue weighted by Crippen LogP contribution is -2.48. The lowest BCUT2D eigenvalue weighted by Gasteiger charge is -2.22. The monoisotopic (exact) mass is 483 g/mol. The molecule has 180 valence electrons. The number of halogens is 5. The van der Waals surface area contributed by atoms with Crippen LogP contribution in [-0.2, 0) is 14.3 Å². The second kappa shape index (κ2) is 9.49. The first-order valence-electron chi connectivity index (χ1n) is 9.76. The fourth-order valence-corrected chi connectivity index (χ4v) is 3.18. The van der Waals surface area contributed by atoms with Gasteiger partial charge in [-0.15, -0.1) is 0 Å². The minimum atomic E-state index is -5.88. The van der Waals surface area contributed by atoms with E-state index in [1.165, 1.54) is 5.32 Å². The van der Waals surface area contributed by atoms with Crippen LogP contribution in [0.2, 0.25) is 0 Å². The quantitative estimate of drug-likeness (QED) is 0.429. The molecule has 1 aliphatic rings. The van der Waals surface area contributed by atoms with Gasteiger partial charge in [-0.3, -0.25) is 9.59 Å². The van der Waals surface area contributed by atoms with Gasteiger partial charge < -0.3 is 20.7 Å². The summed E-state index contributed by atoms with van der Waals surface area (Å²) >= 11 is 0. The number of ether oxygens (including phenoxy) is 1. The second-order valence-electron chi connectivity index (χ2n) is 7.18. The minimum absolute atomic E-state index is 0.426. The van der Waals surface area contributed by atoms with Crippen molar-refractivity contribution in [2.75, 3.05) is 11.9 Å². The number of para-hydroxylation sites is 1. The van der Waals surface area contributed by atoms with E-state index < -0.39 is 48.7 Å². The molecule has 3 N–H and O–H groups in total. The molecule has 1 heterocycles. The molecule has 3 amide bonds. The average molecular weight is 483 g/mol. The van der Waals surface area contributed by atoms with E-state index in [4.69, 9.17) is 0 Å². The molecule has 34 heavy (non-hydrogen) atoms. The molecule has 7 nitrogen and oxygen atoms in total. The summed E-state index contributed by atoms with van der Waals surface area (Å²) in [6.07, 6.45) is -8.55. The molecule has 0 saturated heterocycles. The second-order valence-corrected chi connectivity index (χ2v) is 7.18. The first kappa shape index (κ1) is 24.7. The third kappa shape index (κ3) is 5.16. The van der Waals surface area contributed by atoms with Gasteiger partial charge in [0, 0.05) is 11.3 Å². The molecule has 0 bridgehead atoms. The van der Waals surface area contributed by atoms with Crippen molar-refractivity contribution in [2.45, 2.75) is 24.2 Å². The van der Waals surface area contributed by atoms with Crippen LogP contribution in [0.4, 0.5) is 32.4 Å². The zero-order valence-corrected chi connectivity index (χ0v) is 17.3. The summed E-state index contributed by atoms with van der Waals surface area (Å²) in [4.78, 5) is 37.2. The lowest BCUT2D eigenvalue weighted by molar-refractivity contribution is -0.278. The van der Waals surface area contributed by atoms with E-state index in [9.17, 15) is 36.3 Å². The van der Waals surface area contributed by atoms with E-state index >= 15 is 0 Å². The van der Waals surface area contributed by atoms with Crippen molar-refractivity contribution in [1.29, 1.82) is 0 Å². The summed E-state index contributed by atoms with van der Waals surface area (Å²) in [6, 6.07) is 12.4. The molecule has 0 fully saturated rings. The van der Waals surface area contributed by atoms with Crippen molar-refractivity contribution in [3.63, 3.8) is 0 Å². The van der Waals surface area contributed by atoms with Crippen LogP contribution >= 0.6 is 0 Å². The highest BCUT2D eigenvalue weighted by molar-refractivity contribution is 6.05. The molecule has 2 aromatic rings. The predicted molar refractivity (Wildman–Crippen MR) is 111 cm³/mol. The van der Waals surface area contributed by atoms with Gasteiger partial charge in [-0.05, 0) is 23.3 Å². The van der Waals surface area contributed by atoms with Crippen molar-refractivity contribution in [2.24, 2.45) is 0 Å². The Morgan fingerprint density at radius 1 is 1.06 bits per heavy atom. The van der Waals surface area contributed by atoms with E-state index in [-0.39, 0.29) is 0 Å². The zero-order chi connectivity index (χ0) is 25.1. The summed E-state index contributed by atoms with van der Waals surface area (Å²) in [5.74, 6) is -6.86. The standard InChI is InChI=1S/C22H18F5N3O4/c1-2-16(34-20(33)28-11-21(23,24)22(25,26)27)18(31)30-17-14-9-4-3-7-12(14)13-8-5-6-10-15(13)29-19(17)32/h2-10,16-17H,1,11H2,(H,28,33)(H,29,32)(H,30,31)/t16-,17-/m0/s1. The molecule has 0 unspecified atom stereocenters. The lowest BCUT2D eigenvalue weighted by atomic mass is 9.95. The molecule has 0 saturated carbocycles. The van der Waals surface area contributed by atoms with Gasteiger partial charge in [0.1, 0.15) is 6.04 Å². The van der Waals surface area contributed by atoms with Crippen LogP contribution in [0.15, 0.2) is 61.2 Å². The number of alkyl halides is 5. The van der Waals surface area contributed by atoms with Gasteiger partial charge in [-0.1, -0.05) is 49.0 Å². The summed E-state index contributed by atoms with van der Waals surface area (Å²) < 4.78 is 67.3. The molecule has 12 heteroatoms. The highest BCUT2D eigenvalue weighted by atomic mass is 19.4. The molecule has 2 atom stereocenters. The van der Waals surface area contributed by atoms with E-state index in [1.807, 2.05) is 0 Å². The third-order valence-electron chi connectivity index (χ3n) is 4.87. The van der Waals surface area contributed by atoms with Gasteiger partial charge >= 0.3 is 18.2 Å². The molecule has 1 aliphatic heterocycles. The molecular formula is C22H18F5N3O4. The maximum atomic E-state index is 13.0. The Balaban J connectivity index is 1.74. The van der Waals surface area contributed by atoms with E-state index in [0.29, 0.717) is 22.4 Å². The Morgan fingerprint density at radius 2 is 1.68 bits per heavy atom. The Bertz CT molecular complexity index is 1120. The van der Waals surface area contributed by atoms with E-state index in [1.54, 1.807) is 48.5 Å². The van der Waals surface area contributed by atoms with Gasteiger partial charge in [0.15, 0.2) is 6.10 Å². The Kier molecular flexibility index (Phi) is 6.89. The number of hydrogen-bond donors (Lipinski definition) is 3. The molecular weight excluding hydrogens is 465 g/mol. The summed E-state index contributed by atoms with van der Waals surface area (Å²) in [5.41, 5.74) is 2.27. The zero-order valence-electron chi connectivity index (χ0n) is 17.3. The van der Waals surface area contributed by atoms with Gasteiger partial charge in [-0.2, -0.15) is 22.0 Å². The molecule has 0 aliphatic carbocycles. The number of nitrogens with one attached hydrogen (secondary N) is 3. The first-order valence-corrected chi connectivity index (χ1v) is 9.76. The minimum Gasteiger partial charge on any atom is -0.432 e. The van der Waals surface area contributed by atoms with E-state index in [2.05, 4.69) is 21.9 Å². The number of carbonyl (C=O) groups is 3. The molecule has 0 radical (unpaired) electrons. The van der Waals surface area contributed by atoms with Crippen LogP contribution in [0.1, 0.15) is 11.6 Å². The Labute approximate surface area is 190 Å². The number of alkyl carbamates (subject to hydrolysis) is 1. The first-order chi connectivity index (χ1) is 15.9. The maximum absolute atomic E-state index is 13.0. The number of amides is 3. The van der Waals surface area contributed by atoms with Crippen LogP contribution in [0.5, 0.6) is 0 Å². The van der Waals surface area contributed by atoms with Gasteiger partial charge in [0.25, 0.3) is 11.8 Å². The fraction of sp³-hybridized carbons (Fsp3) is 0.227. The largest absolute Gasteiger partial charge is 0.455 e. The summed E-state index contributed by atoms with van der Waals surface area (Å²) in [5, 5.41) is 6.34. The van der Waals surface area contributed by atoms with Crippen molar-refractivity contribution in [1.82, 2.24) is 10.6 Å². The molecule has 0 spiro atoms. The SMILES string of the molecule is C=C[C@H](OC(=O)NCC(F)(F)C(F)(F)F)C(=O)N[C@@H]1C(=O)Nc2ccccc2-c2ccccc21.